The first kappa shape index (κ1) is 43.2. The van der Waals surface area contributed by atoms with E-state index in [4.69, 9.17) is 17.3 Å². The van der Waals surface area contributed by atoms with Crippen LogP contribution in [0.3, 0.4) is 0 Å². The van der Waals surface area contributed by atoms with E-state index in [9.17, 15) is 48.6 Å². The van der Waals surface area contributed by atoms with Gasteiger partial charge in [0.05, 0.1) is 24.0 Å². The highest BCUT2D eigenvalue weighted by Gasteiger charge is 2.36. The van der Waals surface area contributed by atoms with Gasteiger partial charge in [-0.05, 0) is 55.7 Å². The van der Waals surface area contributed by atoms with Gasteiger partial charge < -0.3 is 42.5 Å². The van der Waals surface area contributed by atoms with Crippen molar-refractivity contribution in [1.82, 2.24) is 30.2 Å². The maximum absolute atomic E-state index is 12.8. The van der Waals surface area contributed by atoms with E-state index < -0.39 is 59.3 Å². The number of ketones is 2. The van der Waals surface area contributed by atoms with E-state index in [1.165, 1.54) is 36.7 Å². The number of nitrogens with one attached hydrogen (secondary N) is 4. The van der Waals surface area contributed by atoms with Gasteiger partial charge >= 0.3 is 11.9 Å². The highest BCUT2D eigenvalue weighted by molar-refractivity contribution is 6.41. The molecule has 2 atom stereocenters. The molecule has 2 amide bonds. The molecule has 0 bridgehead atoms. The topological polar surface area (TPSA) is 359 Å². The van der Waals surface area contributed by atoms with E-state index >= 15 is 0 Å². The van der Waals surface area contributed by atoms with Gasteiger partial charge in [0.2, 0.25) is 11.7 Å². The van der Waals surface area contributed by atoms with Crippen LogP contribution < -0.4 is 38.9 Å². The number of hydrazine groups is 1. The summed E-state index contributed by atoms with van der Waals surface area (Å²) in [5, 5.41) is 24.4. The summed E-state index contributed by atoms with van der Waals surface area (Å²) in [6.45, 7) is 0.157. The van der Waals surface area contributed by atoms with Crippen molar-refractivity contribution in [3.63, 3.8) is 0 Å². The molecule has 0 aliphatic rings. The number of hydrogen-bond donors (Lipinski definition) is 9. The summed E-state index contributed by atoms with van der Waals surface area (Å²) in [4.78, 5) is 113. The van der Waals surface area contributed by atoms with Crippen LogP contribution in [0.15, 0.2) is 53.6 Å². The second-order valence-corrected chi connectivity index (χ2v) is 12.1. The standard InChI is InChI=1S/C29H33N7O9.C6H8N4O/c30-29-35-24-22(26(41)36-29)33-18(15-32-24)14-31-17-10-8-16(9-11-17)25(40)34-20(28(44)45)13-19(27(42)43)23(39)21(38)7-5-3-1-2-4-6-12-37;7-5(11)4-2-1-3-9-6(4)10-8/h8-12,15,19-20,31H,1-7,13-14H2,(H,34,40)(H,42,43)(H,44,45)(H3,30,32,35,36,41);1-3H,8H2,(H2,7,11)(H,9,10). The van der Waals surface area contributed by atoms with Crippen LogP contribution in [0.4, 0.5) is 17.5 Å². The van der Waals surface area contributed by atoms with Crippen LogP contribution in [0, 0.1) is 5.92 Å². The lowest BCUT2D eigenvalue weighted by Crippen LogP contribution is -2.45. The number of aromatic nitrogens is 5. The third-order valence-corrected chi connectivity index (χ3v) is 8.01. The number of hydrogen-bond acceptors (Lipinski definition) is 16. The molecule has 1 aromatic carbocycles. The lowest BCUT2D eigenvalue weighted by molar-refractivity contribution is -0.151. The van der Waals surface area contributed by atoms with Crippen molar-refractivity contribution in [2.45, 2.75) is 64.0 Å². The van der Waals surface area contributed by atoms with E-state index in [0.29, 0.717) is 36.5 Å². The number of rotatable bonds is 21. The monoisotopic (exact) mass is 775 g/mol. The van der Waals surface area contributed by atoms with Gasteiger partial charge in [-0.2, -0.15) is 4.98 Å². The minimum Gasteiger partial charge on any atom is -0.481 e. The number of aromatic amines is 1. The molecule has 3 aromatic heterocycles. The number of Topliss-reactive ketones (excluding diaryl/α,β-unsaturated/α-hetero) is 2. The van der Waals surface area contributed by atoms with Crippen molar-refractivity contribution in [1.29, 1.82) is 0 Å². The lowest BCUT2D eigenvalue weighted by atomic mass is 9.91. The first-order chi connectivity index (χ1) is 26.7. The summed E-state index contributed by atoms with van der Waals surface area (Å²) in [6, 6.07) is 7.23. The molecule has 21 heteroatoms. The predicted octanol–water partition coefficient (Wildman–Crippen LogP) is 0.715. The Balaban J connectivity index is 0.000000655. The number of carboxylic acids is 2. The molecule has 0 spiro atoms. The lowest BCUT2D eigenvalue weighted by Gasteiger charge is -2.18. The number of carboxylic acid groups (broad SMARTS) is 2. The number of nitrogens with two attached hydrogens (primary N) is 3. The second kappa shape index (κ2) is 21.5. The molecule has 0 aliphatic heterocycles. The van der Waals surface area contributed by atoms with E-state index in [1.807, 2.05) is 0 Å². The summed E-state index contributed by atoms with van der Waals surface area (Å²) >= 11 is 0. The number of unbranched alkanes of at least 4 members (excludes halogenated alkanes) is 5. The fourth-order valence-electron chi connectivity index (χ4n) is 5.09. The molecular formula is C35H41N11O10. The fourth-order valence-corrected chi connectivity index (χ4v) is 5.09. The molecule has 56 heavy (non-hydrogen) atoms. The predicted molar refractivity (Wildman–Crippen MR) is 200 cm³/mol. The zero-order valence-electron chi connectivity index (χ0n) is 29.9. The van der Waals surface area contributed by atoms with Crippen molar-refractivity contribution in [3.05, 3.63) is 76.0 Å². The van der Waals surface area contributed by atoms with Crippen LogP contribution in [-0.2, 0) is 30.5 Å². The Morgan fingerprint density at radius 3 is 2.23 bits per heavy atom. The summed E-state index contributed by atoms with van der Waals surface area (Å²) in [7, 11) is 0. The van der Waals surface area contributed by atoms with Gasteiger partial charge in [0.25, 0.3) is 17.4 Å². The Bertz CT molecular complexity index is 2110. The SMILES string of the molecule is NNc1ncccc1C(N)=O.Nc1nc2ncc(CNc3ccc(C(=O)NC(CC(C(=O)O)C(=O)C(=O)CCCCCCCC=O)C(=O)O)cc3)nc2c(=O)[nH]1. The first-order valence-electron chi connectivity index (χ1n) is 17.1. The van der Waals surface area contributed by atoms with Crippen molar-refractivity contribution < 1.29 is 43.8 Å². The number of nitrogens with zero attached hydrogens (tertiary/aromatic N) is 4. The van der Waals surface area contributed by atoms with Gasteiger partial charge in [-0.1, -0.05) is 19.3 Å². The van der Waals surface area contributed by atoms with Gasteiger partial charge in [0.15, 0.2) is 22.8 Å². The molecule has 0 fully saturated rings. The average Bonchev–Trinajstić information content (AvgIpc) is 3.18. The van der Waals surface area contributed by atoms with Crippen LogP contribution >= 0.6 is 0 Å². The van der Waals surface area contributed by atoms with Crippen molar-refractivity contribution in [2.75, 3.05) is 16.5 Å². The number of aliphatic carboxylic acids is 2. The Kier molecular flexibility index (Phi) is 16.6. The zero-order valence-corrected chi connectivity index (χ0v) is 29.9. The summed E-state index contributed by atoms with van der Waals surface area (Å²) < 4.78 is 0. The fraction of sp³-hybridized carbons (Fsp3) is 0.314. The summed E-state index contributed by atoms with van der Waals surface area (Å²) in [5.41, 5.74) is 13.6. The Labute approximate surface area is 317 Å². The number of carbonyl (C=O) groups excluding carboxylic acids is 5. The van der Waals surface area contributed by atoms with E-state index in [0.717, 1.165) is 25.5 Å². The minimum absolute atomic E-state index is 0.0123. The van der Waals surface area contributed by atoms with Gasteiger partial charge in [0.1, 0.15) is 18.2 Å². The molecule has 4 rings (SSSR count). The molecule has 4 aromatic rings. The number of anilines is 3. The van der Waals surface area contributed by atoms with E-state index in [1.54, 1.807) is 12.1 Å². The highest BCUT2D eigenvalue weighted by atomic mass is 16.4. The molecule has 2 unspecified atom stereocenters. The van der Waals surface area contributed by atoms with Gasteiger partial charge in [0, 0.05) is 30.3 Å². The number of aldehydes is 1. The first-order valence-corrected chi connectivity index (χ1v) is 17.1. The Morgan fingerprint density at radius 2 is 1.61 bits per heavy atom. The number of primary amides is 1. The molecule has 3 heterocycles. The quantitative estimate of drug-likeness (QED) is 0.0140. The number of amides is 2. The molecule has 0 saturated carbocycles. The van der Waals surface area contributed by atoms with Gasteiger partial charge in [-0.15, -0.1) is 0 Å². The molecule has 21 nitrogen and oxygen atoms in total. The van der Waals surface area contributed by atoms with Crippen LogP contribution in [0.2, 0.25) is 0 Å². The van der Waals surface area contributed by atoms with Gasteiger partial charge in [-0.3, -0.25) is 33.8 Å². The molecule has 12 N–H and O–H groups in total. The van der Waals surface area contributed by atoms with E-state index in [2.05, 4.69) is 41.0 Å². The average molecular weight is 776 g/mol. The number of fused-ring (bicyclic) bond motifs is 1. The van der Waals surface area contributed by atoms with Crippen LogP contribution in [0.5, 0.6) is 0 Å². The molecular weight excluding hydrogens is 734 g/mol. The number of pyridine rings is 1. The van der Waals surface area contributed by atoms with Crippen molar-refractivity contribution >= 4 is 70.2 Å². The number of H-pyrrole nitrogens is 1. The normalized spacial score (nSPS) is 11.6. The molecule has 0 saturated heterocycles. The molecule has 296 valence electrons. The zero-order chi connectivity index (χ0) is 41.2. The second-order valence-electron chi connectivity index (χ2n) is 12.1. The van der Waals surface area contributed by atoms with Crippen LogP contribution in [0.25, 0.3) is 11.2 Å². The largest absolute Gasteiger partial charge is 0.481 e. The smallest absolute Gasteiger partial charge is 0.326 e. The summed E-state index contributed by atoms with van der Waals surface area (Å²) in [5.74, 6) is -3.44. The third-order valence-electron chi connectivity index (χ3n) is 8.01. The minimum atomic E-state index is -1.94. The van der Waals surface area contributed by atoms with Crippen molar-refractivity contribution in [2.24, 2.45) is 17.5 Å². The highest BCUT2D eigenvalue weighted by Crippen LogP contribution is 2.16. The van der Waals surface area contributed by atoms with Crippen LogP contribution in [-0.4, -0.2) is 82.8 Å². The molecule has 0 radical (unpaired) electrons. The Hall–Kier alpha value is -7.16. The maximum atomic E-state index is 12.8. The van der Waals surface area contributed by atoms with Gasteiger partial charge in [-0.25, -0.2) is 25.6 Å². The Morgan fingerprint density at radius 1 is 0.911 bits per heavy atom. The summed E-state index contributed by atoms with van der Waals surface area (Å²) in [6.07, 6.45) is 6.43. The van der Waals surface area contributed by atoms with Crippen molar-refractivity contribution in [3.8, 4) is 0 Å². The molecule has 0 aliphatic carbocycles. The van der Waals surface area contributed by atoms with Crippen LogP contribution in [0.1, 0.15) is 77.8 Å². The van der Waals surface area contributed by atoms with E-state index in [-0.39, 0.29) is 41.2 Å². The third kappa shape index (κ3) is 13.1. The number of benzene rings is 1. The number of nitrogen functional groups attached to an aromatic ring is 2. The maximum Gasteiger partial charge on any atom is 0.326 e. The number of carbonyl (C=O) groups is 7.